The number of ketones is 1. The monoisotopic (exact) mass is 439 g/mol. The normalized spacial score (nSPS) is 22.7. The summed E-state index contributed by atoms with van der Waals surface area (Å²) < 4.78 is 5.60. The average Bonchev–Trinajstić information content (AvgIpc) is 2.81. The molecular formula is C27H25N3O3. The molecule has 166 valence electrons. The van der Waals surface area contributed by atoms with Crippen LogP contribution in [0.5, 0.6) is 5.75 Å². The summed E-state index contributed by atoms with van der Waals surface area (Å²) in [7, 11) is 1.52. The van der Waals surface area contributed by atoms with Crippen LogP contribution >= 0.6 is 0 Å². The number of ether oxygens (including phenoxy) is 1. The Labute approximate surface area is 193 Å². The lowest BCUT2D eigenvalue weighted by molar-refractivity contribution is -0.128. The van der Waals surface area contributed by atoms with Crippen LogP contribution in [0.4, 0.5) is 5.69 Å². The van der Waals surface area contributed by atoms with Gasteiger partial charge >= 0.3 is 0 Å². The Morgan fingerprint density at radius 3 is 2.42 bits per heavy atom. The second-order valence-electron chi connectivity index (χ2n) is 9.45. The standard InChI is InChI=1S/C27H25N3O3/c1-26(2)23-10-7-17-11-20(25(32)30-19-8-5-16(14-28)6-9-19)22(33-4)12-21(17)27(23,3)13-18(15-29)24(26)31/h5-6,8-9,11-13,23H,7,10H2,1-4H3,(H,30,32)/t23-,27+/m0/s1. The molecule has 0 saturated heterocycles. The highest BCUT2D eigenvalue weighted by molar-refractivity contribution is 6.07. The van der Waals surface area contributed by atoms with Crippen molar-refractivity contribution in [2.45, 2.75) is 39.0 Å². The molecule has 2 atom stereocenters. The number of fused-ring (bicyclic) bond motifs is 3. The highest BCUT2D eigenvalue weighted by Gasteiger charge is 2.54. The third kappa shape index (κ3) is 3.49. The molecule has 0 saturated carbocycles. The molecule has 0 spiro atoms. The van der Waals surface area contributed by atoms with E-state index in [0.29, 0.717) is 22.6 Å². The number of hydrogen-bond donors (Lipinski definition) is 1. The Hall–Kier alpha value is -3.90. The van der Waals surface area contributed by atoms with Crippen LogP contribution in [0, 0.1) is 34.0 Å². The molecule has 6 heteroatoms. The number of carbonyl (C=O) groups is 2. The molecule has 0 radical (unpaired) electrons. The number of amides is 1. The number of Topliss-reactive ketones (excluding diaryl/α,β-unsaturated/α-hetero) is 1. The molecule has 2 aliphatic carbocycles. The van der Waals surface area contributed by atoms with Crippen LogP contribution < -0.4 is 10.1 Å². The van der Waals surface area contributed by atoms with Gasteiger partial charge in [-0.05, 0) is 66.3 Å². The zero-order valence-electron chi connectivity index (χ0n) is 19.2. The van der Waals surface area contributed by atoms with Crippen LogP contribution in [0.25, 0.3) is 0 Å². The van der Waals surface area contributed by atoms with Gasteiger partial charge < -0.3 is 10.1 Å². The summed E-state index contributed by atoms with van der Waals surface area (Å²) in [6.07, 6.45) is 3.31. The van der Waals surface area contributed by atoms with Crippen molar-refractivity contribution in [1.82, 2.24) is 0 Å². The second-order valence-corrected chi connectivity index (χ2v) is 9.45. The summed E-state index contributed by atoms with van der Waals surface area (Å²) in [4.78, 5) is 26.0. The van der Waals surface area contributed by atoms with E-state index < -0.39 is 10.8 Å². The first-order valence-corrected chi connectivity index (χ1v) is 10.9. The summed E-state index contributed by atoms with van der Waals surface area (Å²) >= 11 is 0. The quantitative estimate of drug-likeness (QED) is 0.747. The van der Waals surface area contributed by atoms with Crippen molar-refractivity contribution in [3.63, 3.8) is 0 Å². The third-order valence-corrected chi connectivity index (χ3v) is 7.21. The minimum Gasteiger partial charge on any atom is -0.496 e. The summed E-state index contributed by atoms with van der Waals surface area (Å²) in [6.45, 7) is 5.91. The molecule has 0 fully saturated rings. The van der Waals surface area contributed by atoms with Gasteiger partial charge in [-0.15, -0.1) is 0 Å². The molecule has 0 aliphatic heterocycles. The van der Waals surface area contributed by atoms with Crippen molar-refractivity contribution in [2.24, 2.45) is 11.3 Å². The Kier molecular flexibility index (Phi) is 5.34. The van der Waals surface area contributed by atoms with Gasteiger partial charge in [0, 0.05) is 16.5 Å². The first-order chi connectivity index (χ1) is 15.6. The van der Waals surface area contributed by atoms with E-state index in [-0.39, 0.29) is 23.2 Å². The summed E-state index contributed by atoms with van der Waals surface area (Å²) in [5.41, 5.74) is 2.51. The van der Waals surface area contributed by atoms with E-state index >= 15 is 0 Å². The van der Waals surface area contributed by atoms with E-state index in [4.69, 9.17) is 10.00 Å². The van der Waals surface area contributed by atoms with E-state index in [1.54, 1.807) is 30.3 Å². The van der Waals surface area contributed by atoms with Crippen molar-refractivity contribution in [3.8, 4) is 17.9 Å². The number of aryl methyl sites for hydroxylation is 1. The number of nitriles is 2. The van der Waals surface area contributed by atoms with E-state index in [1.165, 1.54) is 7.11 Å². The van der Waals surface area contributed by atoms with Gasteiger partial charge in [-0.1, -0.05) is 26.8 Å². The number of methoxy groups -OCH3 is 1. The fourth-order valence-electron chi connectivity index (χ4n) is 5.54. The number of allylic oxidation sites excluding steroid dienone is 2. The number of nitrogens with one attached hydrogen (secondary N) is 1. The maximum Gasteiger partial charge on any atom is 0.259 e. The number of nitrogens with zero attached hydrogens (tertiary/aromatic N) is 2. The summed E-state index contributed by atoms with van der Waals surface area (Å²) in [6, 6.07) is 14.5. The van der Waals surface area contributed by atoms with Crippen molar-refractivity contribution >= 4 is 17.4 Å². The molecular weight excluding hydrogens is 414 g/mol. The van der Waals surface area contributed by atoms with Crippen molar-refractivity contribution in [2.75, 3.05) is 12.4 Å². The second kappa shape index (κ2) is 7.90. The van der Waals surface area contributed by atoms with Crippen LogP contribution in [0.3, 0.4) is 0 Å². The summed E-state index contributed by atoms with van der Waals surface area (Å²) in [5.74, 6) is 0.0499. The Balaban J connectivity index is 1.77. The zero-order chi connectivity index (χ0) is 24.0. The van der Waals surface area contributed by atoms with Crippen molar-refractivity contribution < 1.29 is 14.3 Å². The van der Waals surface area contributed by atoms with Gasteiger partial charge in [0.05, 0.1) is 29.9 Å². The maximum absolute atomic E-state index is 13.1. The van der Waals surface area contributed by atoms with Gasteiger partial charge in [-0.3, -0.25) is 9.59 Å². The van der Waals surface area contributed by atoms with E-state index in [2.05, 4.69) is 24.4 Å². The fourth-order valence-corrected chi connectivity index (χ4v) is 5.54. The van der Waals surface area contributed by atoms with Gasteiger partial charge in [-0.2, -0.15) is 10.5 Å². The minimum absolute atomic E-state index is 0.0325. The fraction of sp³-hybridized carbons (Fsp3) is 0.333. The molecule has 0 bridgehead atoms. The zero-order valence-corrected chi connectivity index (χ0v) is 19.2. The van der Waals surface area contributed by atoms with Crippen molar-refractivity contribution in [3.05, 3.63) is 70.3 Å². The van der Waals surface area contributed by atoms with Gasteiger partial charge in [-0.25, -0.2) is 0 Å². The Morgan fingerprint density at radius 1 is 1.12 bits per heavy atom. The molecule has 2 aliphatic rings. The van der Waals surface area contributed by atoms with E-state index in [9.17, 15) is 14.9 Å². The Bertz CT molecular complexity index is 1280. The largest absolute Gasteiger partial charge is 0.496 e. The van der Waals surface area contributed by atoms with Crippen LogP contribution in [0.1, 0.15) is 54.2 Å². The third-order valence-electron chi connectivity index (χ3n) is 7.21. The molecule has 0 heterocycles. The number of anilines is 1. The lowest BCUT2D eigenvalue weighted by Gasteiger charge is -2.51. The van der Waals surface area contributed by atoms with Crippen LogP contribution in [-0.4, -0.2) is 18.8 Å². The number of hydrogen-bond acceptors (Lipinski definition) is 5. The lowest BCUT2D eigenvalue weighted by atomic mass is 9.51. The van der Waals surface area contributed by atoms with Gasteiger partial charge in [0.15, 0.2) is 5.78 Å². The predicted molar refractivity (Wildman–Crippen MR) is 124 cm³/mol. The molecule has 4 rings (SSSR count). The predicted octanol–water partition coefficient (Wildman–Crippen LogP) is 4.70. The topological polar surface area (TPSA) is 103 Å². The molecule has 2 aromatic rings. The molecule has 6 nitrogen and oxygen atoms in total. The molecule has 1 N–H and O–H groups in total. The van der Waals surface area contributed by atoms with Gasteiger partial charge in [0.2, 0.25) is 0 Å². The first kappa shape index (κ1) is 22.3. The molecule has 1 amide bonds. The number of rotatable bonds is 3. The highest BCUT2D eigenvalue weighted by atomic mass is 16.5. The molecule has 2 aromatic carbocycles. The average molecular weight is 440 g/mol. The molecule has 33 heavy (non-hydrogen) atoms. The van der Waals surface area contributed by atoms with E-state index in [0.717, 1.165) is 24.0 Å². The van der Waals surface area contributed by atoms with Crippen molar-refractivity contribution in [1.29, 1.82) is 10.5 Å². The van der Waals surface area contributed by atoms with Crippen LogP contribution in [-0.2, 0) is 16.6 Å². The summed E-state index contributed by atoms with van der Waals surface area (Å²) in [5, 5.41) is 21.4. The van der Waals surface area contributed by atoms with Crippen LogP contribution in [0.2, 0.25) is 0 Å². The number of carbonyl (C=O) groups excluding carboxylic acids is 2. The van der Waals surface area contributed by atoms with Crippen LogP contribution in [0.15, 0.2) is 48.0 Å². The van der Waals surface area contributed by atoms with Gasteiger partial charge in [0.25, 0.3) is 5.91 Å². The van der Waals surface area contributed by atoms with Gasteiger partial charge in [0.1, 0.15) is 11.8 Å². The number of benzene rings is 2. The minimum atomic E-state index is -0.662. The maximum atomic E-state index is 13.1. The Morgan fingerprint density at radius 2 is 1.82 bits per heavy atom. The smallest absolute Gasteiger partial charge is 0.259 e. The SMILES string of the molecule is COc1cc2c(cc1C(=O)Nc1ccc(C#N)cc1)CC[C@H]1C(C)(C)C(=O)C(C#N)=C[C@]21C. The molecule has 0 aromatic heterocycles. The first-order valence-electron chi connectivity index (χ1n) is 10.9. The highest BCUT2D eigenvalue weighted by Crippen LogP contribution is 2.55. The molecule has 0 unspecified atom stereocenters. The lowest BCUT2D eigenvalue weighted by Crippen LogP contribution is -2.51. The van der Waals surface area contributed by atoms with E-state index in [1.807, 2.05) is 26.0 Å².